The van der Waals surface area contributed by atoms with Gasteiger partial charge in [-0.15, -0.1) is 0 Å². The van der Waals surface area contributed by atoms with E-state index in [4.69, 9.17) is 0 Å². The number of carboxylic acid groups (broad SMARTS) is 1. The maximum Gasteiger partial charge on any atom is 0.0448 e. The Morgan fingerprint density at radius 2 is 1.85 bits per heavy atom. The van der Waals surface area contributed by atoms with Crippen LogP contribution in [0.4, 0.5) is 0 Å². The molecule has 0 saturated heterocycles. The SMILES string of the molecule is O=C([O-])C1CC2CC1C1CCCC21. The van der Waals surface area contributed by atoms with Crippen molar-refractivity contribution >= 4 is 5.97 Å². The second-order valence-electron chi connectivity index (χ2n) is 5.08. The molecule has 0 N–H and O–H groups in total. The van der Waals surface area contributed by atoms with E-state index in [2.05, 4.69) is 0 Å². The molecule has 5 unspecified atom stereocenters. The Bertz CT molecular complexity index is 248. The molecule has 2 heteroatoms. The fourth-order valence-electron chi connectivity index (χ4n) is 4.34. The highest BCUT2D eigenvalue weighted by Crippen LogP contribution is 2.60. The molecule has 2 bridgehead atoms. The molecule has 0 aromatic rings. The molecule has 3 fully saturated rings. The van der Waals surface area contributed by atoms with Gasteiger partial charge >= 0.3 is 0 Å². The van der Waals surface area contributed by atoms with E-state index in [0.29, 0.717) is 5.92 Å². The molecule has 13 heavy (non-hydrogen) atoms. The van der Waals surface area contributed by atoms with E-state index in [1.165, 1.54) is 25.7 Å². The summed E-state index contributed by atoms with van der Waals surface area (Å²) in [6, 6.07) is 0. The fourth-order valence-corrected chi connectivity index (χ4v) is 4.34. The largest absolute Gasteiger partial charge is 0.550 e. The Labute approximate surface area is 78.3 Å². The van der Waals surface area contributed by atoms with Gasteiger partial charge in [-0.2, -0.15) is 0 Å². The molecule has 0 radical (unpaired) electrons. The van der Waals surface area contributed by atoms with Gasteiger partial charge in [0.05, 0.1) is 0 Å². The second kappa shape index (κ2) is 2.49. The smallest absolute Gasteiger partial charge is 0.0448 e. The first-order valence-electron chi connectivity index (χ1n) is 5.48. The summed E-state index contributed by atoms with van der Waals surface area (Å²) in [6.07, 6.45) is 6.10. The molecule has 0 heterocycles. The van der Waals surface area contributed by atoms with Crippen molar-refractivity contribution in [2.45, 2.75) is 32.1 Å². The predicted octanol–water partition coefficient (Wildman–Crippen LogP) is 0.809. The van der Waals surface area contributed by atoms with Crippen LogP contribution in [0.3, 0.4) is 0 Å². The van der Waals surface area contributed by atoms with Crippen molar-refractivity contribution in [3.05, 3.63) is 0 Å². The first-order valence-corrected chi connectivity index (χ1v) is 5.48. The molecule has 0 amide bonds. The fraction of sp³-hybridized carbons (Fsp3) is 0.909. The molecule has 0 aromatic heterocycles. The van der Waals surface area contributed by atoms with Gasteiger partial charge in [0, 0.05) is 11.9 Å². The first-order chi connectivity index (χ1) is 6.27. The number of aliphatic carboxylic acids is 1. The van der Waals surface area contributed by atoms with E-state index in [1.807, 2.05) is 0 Å². The molecule has 3 aliphatic rings. The quantitative estimate of drug-likeness (QED) is 0.597. The minimum atomic E-state index is -0.780. The highest BCUT2D eigenvalue weighted by atomic mass is 16.4. The monoisotopic (exact) mass is 179 g/mol. The zero-order chi connectivity index (χ0) is 9.00. The van der Waals surface area contributed by atoms with Crippen molar-refractivity contribution < 1.29 is 9.90 Å². The van der Waals surface area contributed by atoms with Crippen LogP contribution in [0.2, 0.25) is 0 Å². The van der Waals surface area contributed by atoms with E-state index < -0.39 is 5.97 Å². The van der Waals surface area contributed by atoms with Crippen LogP contribution in [0.5, 0.6) is 0 Å². The van der Waals surface area contributed by atoms with Crippen molar-refractivity contribution in [3.8, 4) is 0 Å². The topological polar surface area (TPSA) is 40.1 Å². The Kier molecular flexibility index (Phi) is 1.50. The van der Waals surface area contributed by atoms with E-state index in [0.717, 1.165) is 24.2 Å². The average Bonchev–Trinajstić information content (AvgIpc) is 2.75. The number of rotatable bonds is 1. The van der Waals surface area contributed by atoms with Crippen LogP contribution < -0.4 is 5.11 Å². The zero-order valence-electron chi connectivity index (χ0n) is 7.74. The van der Waals surface area contributed by atoms with E-state index >= 15 is 0 Å². The predicted molar refractivity (Wildman–Crippen MR) is 45.5 cm³/mol. The van der Waals surface area contributed by atoms with Crippen LogP contribution in [0.25, 0.3) is 0 Å². The lowest BCUT2D eigenvalue weighted by Gasteiger charge is -2.31. The average molecular weight is 179 g/mol. The maximum atomic E-state index is 10.9. The van der Waals surface area contributed by atoms with Gasteiger partial charge in [-0.25, -0.2) is 0 Å². The van der Waals surface area contributed by atoms with Gasteiger partial charge in [0.2, 0.25) is 0 Å². The Balaban J connectivity index is 1.85. The van der Waals surface area contributed by atoms with Crippen LogP contribution in [0.15, 0.2) is 0 Å². The number of carbonyl (C=O) groups is 1. The summed E-state index contributed by atoms with van der Waals surface area (Å²) < 4.78 is 0. The van der Waals surface area contributed by atoms with Crippen LogP contribution >= 0.6 is 0 Å². The lowest BCUT2D eigenvalue weighted by molar-refractivity contribution is -0.313. The van der Waals surface area contributed by atoms with Crippen molar-refractivity contribution in [2.24, 2.45) is 29.6 Å². The minimum Gasteiger partial charge on any atom is -0.550 e. The normalized spacial score (nSPS) is 52.5. The van der Waals surface area contributed by atoms with Gasteiger partial charge in [0.1, 0.15) is 0 Å². The van der Waals surface area contributed by atoms with Gasteiger partial charge < -0.3 is 9.90 Å². The first kappa shape index (κ1) is 7.84. The molecule has 3 saturated carbocycles. The number of fused-ring (bicyclic) bond motifs is 5. The van der Waals surface area contributed by atoms with Gasteiger partial charge in [-0.3, -0.25) is 0 Å². The summed E-state index contributed by atoms with van der Waals surface area (Å²) in [5.41, 5.74) is 0. The minimum absolute atomic E-state index is 0.0932. The highest BCUT2D eigenvalue weighted by molar-refractivity contribution is 5.69. The molecule has 3 aliphatic carbocycles. The Morgan fingerprint density at radius 3 is 2.62 bits per heavy atom. The molecule has 3 rings (SSSR count). The van der Waals surface area contributed by atoms with Crippen molar-refractivity contribution in [1.29, 1.82) is 0 Å². The van der Waals surface area contributed by atoms with E-state index in [1.54, 1.807) is 0 Å². The lowest BCUT2D eigenvalue weighted by Crippen LogP contribution is -2.38. The summed E-state index contributed by atoms with van der Waals surface area (Å²) in [5.74, 6) is 1.99. The molecular formula is C11H15O2-. The summed E-state index contributed by atoms with van der Waals surface area (Å²) in [5, 5.41) is 10.9. The van der Waals surface area contributed by atoms with E-state index in [-0.39, 0.29) is 5.92 Å². The molecule has 0 aliphatic heterocycles. The van der Waals surface area contributed by atoms with E-state index in [9.17, 15) is 9.90 Å². The summed E-state index contributed by atoms with van der Waals surface area (Å²) in [6.45, 7) is 0. The molecule has 0 spiro atoms. The van der Waals surface area contributed by atoms with Gasteiger partial charge in [0.25, 0.3) is 0 Å². The van der Waals surface area contributed by atoms with Crippen molar-refractivity contribution in [1.82, 2.24) is 0 Å². The van der Waals surface area contributed by atoms with Crippen molar-refractivity contribution in [2.75, 3.05) is 0 Å². The van der Waals surface area contributed by atoms with Gasteiger partial charge in [0.15, 0.2) is 0 Å². The van der Waals surface area contributed by atoms with Crippen LogP contribution in [0.1, 0.15) is 32.1 Å². The zero-order valence-corrected chi connectivity index (χ0v) is 7.74. The highest BCUT2D eigenvalue weighted by Gasteiger charge is 2.53. The summed E-state index contributed by atoms with van der Waals surface area (Å²) in [7, 11) is 0. The molecular weight excluding hydrogens is 164 g/mol. The van der Waals surface area contributed by atoms with Gasteiger partial charge in [-0.1, -0.05) is 6.42 Å². The summed E-state index contributed by atoms with van der Waals surface area (Å²) in [4.78, 5) is 10.9. The molecule has 0 aromatic carbocycles. The summed E-state index contributed by atoms with van der Waals surface area (Å²) >= 11 is 0. The third kappa shape index (κ3) is 0.918. The number of carbonyl (C=O) groups excluding carboxylic acids is 1. The third-order valence-electron chi connectivity index (χ3n) is 4.73. The van der Waals surface area contributed by atoms with Gasteiger partial charge in [-0.05, 0) is 49.4 Å². The standard InChI is InChI=1S/C11H16O2/c12-11(13)10-5-6-4-9(10)8-3-1-2-7(6)8/h6-10H,1-5H2,(H,12,13)/p-1. The number of hydrogen-bond acceptors (Lipinski definition) is 2. The number of hydrogen-bond donors (Lipinski definition) is 0. The molecule has 72 valence electrons. The van der Waals surface area contributed by atoms with Crippen LogP contribution in [0, 0.1) is 29.6 Å². The van der Waals surface area contributed by atoms with Crippen LogP contribution in [-0.4, -0.2) is 5.97 Å². The molecule has 5 atom stereocenters. The molecule has 2 nitrogen and oxygen atoms in total. The second-order valence-corrected chi connectivity index (χ2v) is 5.08. The third-order valence-corrected chi connectivity index (χ3v) is 4.73. The van der Waals surface area contributed by atoms with Crippen molar-refractivity contribution in [3.63, 3.8) is 0 Å². The number of carboxylic acids is 1. The lowest BCUT2D eigenvalue weighted by atomic mass is 9.76. The Morgan fingerprint density at radius 1 is 1.08 bits per heavy atom. The maximum absolute atomic E-state index is 10.9. The Hall–Kier alpha value is -0.530. The van der Waals surface area contributed by atoms with Crippen LogP contribution in [-0.2, 0) is 4.79 Å².